The summed E-state index contributed by atoms with van der Waals surface area (Å²) in [6, 6.07) is 4.76. The molecule has 0 fully saturated rings. The maximum atomic E-state index is 14.8. The maximum absolute atomic E-state index is 14.8. The number of fused-ring (bicyclic) bond motifs is 1. The van der Waals surface area contributed by atoms with Gasteiger partial charge in [-0.15, -0.1) is 0 Å². The largest absolute Gasteiger partial charge is 0.381 e. The number of aliphatic hydroxyl groups is 1. The summed E-state index contributed by atoms with van der Waals surface area (Å²) < 4.78 is 45.4. The van der Waals surface area contributed by atoms with Gasteiger partial charge in [0, 0.05) is 23.1 Å². The Morgan fingerprint density at radius 3 is 2.58 bits per heavy atom. The van der Waals surface area contributed by atoms with Crippen LogP contribution in [0.3, 0.4) is 0 Å². The van der Waals surface area contributed by atoms with Crippen molar-refractivity contribution in [3.05, 3.63) is 76.7 Å². The molecule has 0 unspecified atom stereocenters. The summed E-state index contributed by atoms with van der Waals surface area (Å²) in [7, 11) is 0. The highest BCUT2D eigenvalue weighted by molar-refractivity contribution is 6.31. The average Bonchev–Trinajstić information content (AvgIpc) is 3.35. The summed E-state index contributed by atoms with van der Waals surface area (Å²) in [6.45, 7) is 3.31. The van der Waals surface area contributed by atoms with Gasteiger partial charge in [-0.3, -0.25) is 4.68 Å². The molecule has 0 radical (unpaired) electrons. The quantitative estimate of drug-likeness (QED) is 0.473. The van der Waals surface area contributed by atoms with Crippen molar-refractivity contribution in [2.45, 2.75) is 38.5 Å². The van der Waals surface area contributed by atoms with Crippen LogP contribution in [0, 0.1) is 17.5 Å². The lowest BCUT2D eigenvalue weighted by molar-refractivity contribution is -0.0355. The summed E-state index contributed by atoms with van der Waals surface area (Å²) in [5.41, 5.74) is -1.03. The Labute approximate surface area is 180 Å². The van der Waals surface area contributed by atoms with Crippen LogP contribution in [0.15, 0.2) is 43.0 Å². The number of nitrogens with zero attached hydrogens (tertiary/aromatic N) is 5. The summed E-state index contributed by atoms with van der Waals surface area (Å²) in [5.74, 6) is -2.33. The van der Waals surface area contributed by atoms with Crippen molar-refractivity contribution in [3.8, 4) is 0 Å². The minimum Gasteiger partial charge on any atom is -0.381 e. The SMILES string of the molecule is CCc1nn([C@H](C)[C@](O)(Cn2cncn2)c2ccc(F)cc2F)c2cc(F)c(Cl)cc12. The van der Waals surface area contributed by atoms with Gasteiger partial charge in [0.15, 0.2) is 0 Å². The van der Waals surface area contributed by atoms with Gasteiger partial charge in [0.25, 0.3) is 0 Å². The molecule has 2 atom stereocenters. The van der Waals surface area contributed by atoms with E-state index in [4.69, 9.17) is 11.6 Å². The van der Waals surface area contributed by atoms with E-state index in [0.29, 0.717) is 29.1 Å². The molecule has 2 heterocycles. The van der Waals surface area contributed by atoms with E-state index >= 15 is 0 Å². The number of hydrogen-bond donors (Lipinski definition) is 1. The van der Waals surface area contributed by atoms with Gasteiger partial charge in [-0.1, -0.05) is 24.6 Å². The van der Waals surface area contributed by atoms with E-state index in [1.807, 2.05) is 6.92 Å². The van der Waals surface area contributed by atoms with Crippen LogP contribution >= 0.6 is 11.6 Å². The van der Waals surface area contributed by atoms with Crippen molar-refractivity contribution < 1.29 is 18.3 Å². The summed E-state index contributed by atoms with van der Waals surface area (Å²) in [4.78, 5) is 3.86. The number of hydrogen-bond acceptors (Lipinski definition) is 4. The molecule has 0 saturated heterocycles. The van der Waals surface area contributed by atoms with Gasteiger partial charge in [0.1, 0.15) is 35.7 Å². The van der Waals surface area contributed by atoms with Crippen LogP contribution in [-0.2, 0) is 18.6 Å². The minimum absolute atomic E-state index is 0.0446. The van der Waals surface area contributed by atoms with E-state index < -0.39 is 29.1 Å². The Bertz CT molecular complexity index is 1240. The zero-order valence-corrected chi connectivity index (χ0v) is 17.5. The standard InChI is InChI=1S/C21H19ClF3N5O/c1-3-19-14-7-16(22)18(25)8-20(14)30(28-19)12(2)21(31,9-29-11-26-10-27-29)15-5-4-13(23)6-17(15)24/h4-8,10-12,31H,3,9H2,1-2H3/t12-,21-/m1/s1. The summed E-state index contributed by atoms with van der Waals surface area (Å²) >= 11 is 5.96. The summed E-state index contributed by atoms with van der Waals surface area (Å²) in [5, 5.41) is 20.9. The second kappa shape index (κ2) is 7.97. The second-order valence-electron chi connectivity index (χ2n) is 7.35. The third kappa shape index (κ3) is 3.68. The molecular weight excluding hydrogens is 431 g/mol. The highest BCUT2D eigenvalue weighted by Crippen LogP contribution is 2.39. The fourth-order valence-electron chi connectivity index (χ4n) is 3.80. The van der Waals surface area contributed by atoms with Crippen molar-refractivity contribution in [2.24, 2.45) is 0 Å². The lowest BCUT2D eigenvalue weighted by Crippen LogP contribution is -2.41. The number of aromatic nitrogens is 5. The van der Waals surface area contributed by atoms with Gasteiger partial charge in [-0.25, -0.2) is 22.8 Å². The van der Waals surface area contributed by atoms with E-state index in [1.165, 1.54) is 40.2 Å². The first-order valence-electron chi connectivity index (χ1n) is 9.61. The van der Waals surface area contributed by atoms with Gasteiger partial charge in [0.2, 0.25) is 0 Å². The van der Waals surface area contributed by atoms with Crippen LogP contribution in [0.4, 0.5) is 13.2 Å². The van der Waals surface area contributed by atoms with E-state index in [1.54, 1.807) is 6.92 Å². The van der Waals surface area contributed by atoms with Gasteiger partial charge in [0.05, 0.1) is 28.8 Å². The number of aryl methyl sites for hydroxylation is 1. The average molecular weight is 450 g/mol. The van der Waals surface area contributed by atoms with Crippen LogP contribution in [0.25, 0.3) is 10.9 Å². The van der Waals surface area contributed by atoms with Crippen LogP contribution in [-0.4, -0.2) is 29.7 Å². The molecule has 6 nitrogen and oxygen atoms in total. The van der Waals surface area contributed by atoms with Crippen LogP contribution in [0.1, 0.15) is 31.1 Å². The Hall–Kier alpha value is -2.91. The molecular formula is C21H19ClF3N5O. The van der Waals surface area contributed by atoms with Crippen molar-refractivity contribution in [2.75, 3.05) is 0 Å². The predicted octanol–water partition coefficient (Wildman–Crippen LogP) is 4.41. The number of halogens is 4. The van der Waals surface area contributed by atoms with E-state index in [2.05, 4.69) is 15.2 Å². The molecule has 1 N–H and O–H groups in total. The molecule has 162 valence electrons. The van der Waals surface area contributed by atoms with Crippen LogP contribution in [0.2, 0.25) is 5.02 Å². The Balaban J connectivity index is 1.92. The highest BCUT2D eigenvalue weighted by atomic mass is 35.5. The van der Waals surface area contributed by atoms with Crippen LogP contribution < -0.4 is 0 Å². The molecule has 0 aliphatic rings. The zero-order chi connectivity index (χ0) is 22.3. The maximum Gasteiger partial charge on any atom is 0.143 e. The topological polar surface area (TPSA) is 68.8 Å². The molecule has 0 aliphatic carbocycles. The first-order chi connectivity index (χ1) is 14.7. The Morgan fingerprint density at radius 1 is 1.16 bits per heavy atom. The first kappa shape index (κ1) is 21.3. The molecule has 0 aliphatic heterocycles. The number of rotatable bonds is 6. The zero-order valence-electron chi connectivity index (χ0n) is 16.7. The third-order valence-corrected chi connectivity index (χ3v) is 5.77. The van der Waals surface area contributed by atoms with E-state index in [-0.39, 0.29) is 17.1 Å². The molecule has 0 bridgehead atoms. The van der Waals surface area contributed by atoms with Gasteiger partial charge in [-0.05, 0) is 25.5 Å². The van der Waals surface area contributed by atoms with Crippen molar-refractivity contribution in [3.63, 3.8) is 0 Å². The fourth-order valence-corrected chi connectivity index (χ4v) is 3.96. The van der Waals surface area contributed by atoms with Gasteiger partial charge >= 0.3 is 0 Å². The monoisotopic (exact) mass is 449 g/mol. The fraction of sp³-hybridized carbons (Fsp3) is 0.286. The molecule has 4 rings (SSSR count). The molecule has 4 aromatic rings. The van der Waals surface area contributed by atoms with Gasteiger partial charge in [-0.2, -0.15) is 10.2 Å². The van der Waals surface area contributed by atoms with Crippen LogP contribution in [0.5, 0.6) is 0 Å². The lowest BCUT2D eigenvalue weighted by atomic mass is 9.86. The van der Waals surface area contributed by atoms with Crippen molar-refractivity contribution >= 4 is 22.5 Å². The number of benzene rings is 2. The third-order valence-electron chi connectivity index (χ3n) is 5.48. The van der Waals surface area contributed by atoms with E-state index in [0.717, 1.165) is 6.07 Å². The molecule has 0 amide bonds. The van der Waals surface area contributed by atoms with Crippen molar-refractivity contribution in [1.82, 2.24) is 24.5 Å². The normalized spacial score (nSPS) is 14.7. The molecule has 31 heavy (non-hydrogen) atoms. The molecule has 0 saturated carbocycles. The lowest BCUT2D eigenvalue weighted by Gasteiger charge is -2.35. The van der Waals surface area contributed by atoms with Crippen molar-refractivity contribution in [1.29, 1.82) is 0 Å². The second-order valence-corrected chi connectivity index (χ2v) is 7.75. The predicted molar refractivity (Wildman–Crippen MR) is 109 cm³/mol. The Morgan fingerprint density at radius 2 is 1.94 bits per heavy atom. The highest BCUT2D eigenvalue weighted by Gasteiger charge is 2.41. The smallest absolute Gasteiger partial charge is 0.143 e. The molecule has 10 heteroatoms. The van der Waals surface area contributed by atoms with Gasteiger partial charge < -0.3 is 5.11 Å². The molecule has 0 spiro atoms. The molecule has 2 aromatic heterocycles. The summed E-state index contributed by atoms with van der Waals surface area (Å²) in [6.07, 6.45) is 3.18. The molecule has 2 aromatic carbocycles. The van der Waals surface area contributed by atoms with E-state index in [9.17, 15) is 18.3 Å². The first-order valence-corrected chi connectivity index (χ1v) is 9.98. The Kier molecular flexibility index (Phi) is 5.49. The minimum atomic E-state index is -1.93.